The summed E-state index contributed by atoms with van der Waals surface area (Å²) >= 11 is 0. The van der Waals surface area contributed by atoms with E-state index in [1.165, 1.54) is 0 Å². The summed E-state index contributed by atoms with van der Waals surface area (Å²) in [6, 6.07) is 4.09. The van der Waals surface area contributed by atoms with Crippen LogP contribution in [0.1, 0.15) is 11.3 Å². The number of ether oxygens (including phenoxy) is 1. The number of aromatic nitrogens is 3. The van der Waals surface area contributed by atoms with Gasteiger partial charge in [0, 0.05) is 31.7 Å². The molecule has 5 nitrogen and oxygen atoms in total. The molecule has 0 bridgehead atoms. The summed E-state index contributed by atoms with van der Waals surface area (Å²) in [4.78, 5) is 4.26. The van der Waals surface area contributed by atoms with Crippen molar-refractivity contribution in [1.29, 1.82) is 0 Å². The maximum absolute atomic E-state index is 5.01. The zero-order chi connectivity index (χ0) is 12.8. The van der Waals surface area contributed by atoms with E-state index in [0.717, 1.165) is 30.0 Å². The summed E-state index contributed by atoms with van der Waals surface area (Å²) in [7, 11) is 1.69. The van der Waals surface area contributed by atoms with Crippen LogP contribution in [0, 0.1) is 6.92 Å². The molecule has 2 rings (SSSR count). The largest absolute Gasteiger partial charge is 0.383 e. The van der Waals surface area contributed by atoms with E-state index < -0.39 is 0 Å². The minimum Gasteiger partial charge on any atom is -0.383 e. The van der Waals surface area contributed by atoms with E-state index in [4.69, 9.17) is 4.74 Å². The van der Waals surface area contributed by atoms with Gasteiger partial charge in [0.05, 0.1) is 25.0 Å². The van der Waals surface area contributed by atoms with Crippen molar-refractivity contribution in [3.63, 3.8) is 0 Å². The van der Waals surface area contributed by atoms with Crippen molar-refractivity contribution in [3.05, 3.63) is 42.0 Å². The molecular weight excluding hydrogens is 228 g/mol. The second-order valence-corrected chi connectivity index (χ2v) is 4.15. The lowest BCUT2D eigenvalue weighted by Gasteiger charge is -2.03. The van der Waals surface area contributed by atoms with Gasteiger partial charge in [0.25, 0.3) is 0 Å². The van der Waals surface area contributed by atoms with Gasteiger partial charge in [-0.2, -0.15) is 5.10 Å². The summed E-state index contributed by atoms with van der Waals surface area (Å²) < 4.78 is 6.87. The van der Waals surface area contributed by atoms with Crippen molar-refractivity contribution < 1.29 is 4.74 Å². The molecule has 2 aromatic heterocycles. The molecule has 0 unspecified atom stereocenters. The summed E-state index contributed by atoms with van der Waals surface area (Å²) in [6.07, 6.45) is 5.68. The molecular formula is C13H18N4O. The predicted molar refractivity (Wildman–Crippen MR) is 70.4 cm³/mol. The molecule has 0 amide bonds. The number of aryl methyl sites for hydroxylation is 1. The van der Waals surface area contributed by atoms with Crippen LogP contribution in [0.2, 0.25) is 0 Å². The third kappa shape index (κ3) is 3.56. The van der Waals surface area contributed by atoms with E-state index in [1.807, 2.05) is 36.3 Å². The van der Waals surface area contributed by atoms with E-state index >= 15 is 0 Å². The fourth-order valence-electron chi connectivity index (χ4n) is 1.57. The Morgan fingerprint density at radius 1 is 1.33 bits per heavy atom. The van der Waals surface area contributed by atoms with Crippen molar-refractivity contribution in [2.75, 3.05) is 19.0 Å². The fraction of sp³-hybridized carbons (Fsp3) is 0.385. The number of hydrogen-bond donors (Lipinski definition) is 1. The molecule has 5 heteroatoms. The smallest absolute Gasteiger partial charge is 0.0729 e. The van der Waals surface area contributed by atoms with Gasteiger partial charge in [-0.05, 0) is 18.6 Å². The fourth-order valence-corrected chi connectivity index (χ4v) is 1.57. The van der Waals surface area contributed by atoms with Crippen LogP contribution >= 0.6 is 0 Å². The van der Waals surface area contributed by atoms with Crippen molar-refractivity contribution in [1.82, 2.24) is 14.8 Å². The minimum atomic E-state index is 0.670. The zero-order valence-corrected chi connectivity index (χ0v) is 10.8. The monoisotopic (exact) mass is 246 g/mol. The molecule has 1 N–H and O–H groups in total. The topological polar surface area (TPSA) is 52.0 Å². The number of hydrogen-bond acceptors (Lipinski definition) is 4. The molecule has 0 saturated carbocycles. The van der Waals surface area contributed by atoms with Crippen LogP contribution in [0.5, 0.6) is 0 Å². The second kappa shape index (κ2) is 6.16. The molecule has 0 spiro atoms. The Balaban J connectivity index is 1.86. The highest BCUT2D eigenvalue weighted by atomic mass is 16.5. The van der Waals surface area contributed by atoms with Crippen molar-refractivity contribution in [2.45, 2.75) is 20.0 Å². The number of pyridine rings is 1. The van der Waals surface area contributed by atoms with Crippen molar-refractivity contribution in [2.24, 2.45) is 0 Å². The van der Waals surface area contributed by atoms with Gasteiger partial charge in [-0.25, -0.2) is 0 Å². The third-order valence-electron chi connectivity index (χ3n) is 2.63. The molecule has 2 heterocycles. The highest BCUT2D eigenvalue weighted by molar-refractivity contribution is 5.38. The highest BCUT2D eigenvalue weighted by Crippen LogP contribution is 2.07. The summed E-state index contributed by atoms with van der Waals surface area (Å²) in [6.45, 7) is 4.17. The Morgan fingerprint density at radius 3 is 2.94 bits per heavy atom. The normalized spacial score (nSPS) is 10.6. The SMILES string of the molecule is COCCn1cc(NCc2ccc(C)nc2)cn1. The van der Waals surface area contributed by atoms with Crippen LogP contribution in [0.4, 0.5) is 5.69 Å². The molecule has 18 heavy (non-hydrogen) atoms. The molecule has 0 radical (unpaired) electrons. The molecule has 0 aliphatic rings. The number of nitrogens with one attached hydrogen (secondary N) is 1. The Labute approximate surface area is 107 Å². The Bertz CT molecular complexity index is 478. The molecule has 0 aromatic carbocycles. The lowest BCUT2D eigenvalue weighted by molar-refractivity contribution is 0.183. The summed E-state index contributed by atoms with van der Waals surface area (Å²) in [5.74, 6) is 0. The number of rotatable bonds is 6. The molecule has 0 aliphatic heterocycles. The quantitative estimate of drug-likeness (QED) is 0.845. The van der Waals surface area contributed by atoms with Crippen LogP contribution in [0.25, 0.3) is 0 Å². The first kappa shape index (κ1) is 12.6. The lowest BCUT2D eigenvalue weighted by Crippen LogP contribution is -2.04. The van der Waals surface area contributed by atoms with E-state index in [2.05, 4.69) is 21.5 Å². The van der Waals surface area contributed by atoms with E-state index in [-0.39, 0.29) is 0 Å². The van der Waals surface area contributed by atoms with Gasteiger partial charge in [0.2, 0.25) is 0 Å². The van der Waals surface area contributed by atoms with Gasteiger partial charge in [0.15, 0.2) is 0 Å². The first-order valence-corrected chi connectivity index (χ1v) is 5.95. The van der Waals surface area contributed by atoms with E-state index in [1.54, 1.807) is 7.11 Å². The van der Waals surface area contributed by atoms with Crippen LogP contribution in [-0.2, 0) is 17.8 Å². The molecule has 96 valence electrons. The van der Waals surface area contributed by atoms with Crippen LogP contribution < -0.4 is 5.32 Å². The maximum atomic E-state index is 5.01. The molecule has 2 aromatic rings. The van der Waals surface area contributed by atoms with Crippen molar-refractivity contribution in [3.8, 4) is 0 Å². The summed E-state index contributed by atoms with van der Waals surface area (Å²) in [5.41, 5.74) is 3.20. The van der Waals surface area contributed by atoms with Gasteiger partial charge in [-0.15, -0.1) is 0 Å². The number of nitrogens with zero attached hydrogens (tertiary/aromatic N) is 3. The summed E-state index contributed by atoms with van der Waals surface area (Å²) in [5, 5.41) is 7.55. The lowest BCUT2D eigenvalue weighted by atomic mass is 10.2. The zero-order valence-electron chi connectivity index (χ0n) is 10.8. The molecule has 0 fully saturated rings. The minimum absolute atomic E-state index is 0.670. The first-order chi connectivity index (χ1) is 8.78. The van der Waals surface area contributed by atoms with Gasteiger partial charge in [0.1, 0.15) is 0 Å². The average Bonchev–Trinajstić information content (AvgIpc) is 2.84. The van der Waals surface area contributed by atoms with Gasteiger partial charge in [-0.3, -0.25) is 9.67 Å². The standard InChI is InChI=1S/C13H18N4O/c1-11-3-4-12(7-14-11)8-15-13-9-16-17(10-13)5-6-18-2/h3-4,7,9-10,15H,5-6,8H2,1-2H3. The number of methoxy groups -OCH3 is 1. The third-order valence-corrected chi connectivity index (χ3v) is 2.63. The first-order valence-electron chi connectivity index (χ1n) is 5.95. The van der Waals surface area contributed by atoms with Crippen LogP contribution in [-0.4, -0.2) is 28.5 Å². The average molecular weight is 246 g/mol. The van der Waals surface area contributed by atoms with Crippen LogP contribution in [0.15, 0.2) is 30.7 Å². The van der Waals surface area contributed by atoms with Crippen molar-refractivity contribution >= 4 is 5.69 Å². The molecule has 0 aliphatic carbocycles. The van der Waals surface area contributed by atoms with Crippen LogP contribution in [0.3, 0.4) is 0 Å². The molecule has 0 atom stereocenters. The highest BCUT2D eigenvalue weighted by Gasteiger charge is 1.98. The van der Waals surface area contributed by atoms with Gasteiger partial charge < -0.3 is 10.1 Å². The van der Waals surface area contributed by atoms with Gasteiger partial charge >= 0.3 is 0 Å². The second-order valence-electron chi connectivity index (χ2n) is 4.15. The van der Waals surface area contributed by atoms with E-state index in [0.29, 0.717) is 6.61 Å². The molecule has 0 saturated heterocycles. The Kier molecular flexibility index (Phi) is 4.30. The predicted octanol–water partition coefficient (Wildman–Crippen LogP) is 1.85. The number of anilines is 1. The Morgan fingerprint density at radius 2 is 2.22 bits per heavy atom. The van der Waals surface area contributed by atoms with Gasteiger partial charge in [-0.1, -0.05) is 6.07 Å². The Hall–Kier alpha value is -1.88. The maximum Gasteiger partial charge on any atom is 0.0729 e. The van der Waals surface area contributed by atoms with E-state index in [9.17, 15) is 0 Å².